The van der Waals surface area contributed by atoms with Crippen LogP contribution in [0.2, 0.25) is 5.02 Å². The Morgan fingerprint density at radius 3 is 2.89 bits per heavy atom. The lowest BCUT2D eigenvalue weighted by Gasteiger charge is -2.08. The maximum Gasteiger partial charge on any atom is 0.243 e. The Balaban J connectivity index is 2.23. The fourth-order valence-electron chi connectivity index (χ4n) is 1.64. The van der Waals surface area contributed by atoms with Crippen molar-refractivity contribution in [3.05, 3.63) is 29.2 Å². The molecule has 18 heavy (non-hydrogen) atoms. The van der Waals surface area contributed by atoms with Gasteiger partial charge in [0, 0.05) is 6.20 Å². The van der Waals surface area contributed by atoms with E-state index in [1.807, 2.05) is 0 Å². The molecule has 2 aromatic heterocycles. The Labute approximate surface area is 110 Å². The van der Waals surface area contributed by atoms with E-state index < -0.39 is 0 Å². The van der Waals surface area contributed by atoms with E-state index >= 15 is 0 Å². The molecule has 0 saturated heterocycles. The van der Waals surface area contributed by atoms with E-state index in [1.165, 1.54) is 0 Å². The van der Waals surface area contributed by atoms with Crippen molar-refractivity contribution in [1.82, 2.24) is 15.1 Å². The fourth-order valence-corrected chi connectivity index (χ4v) is 1.85. The van der Waals surface area contributed by atoms with Gasteiger partial charge in [0.15, 0.2) is 0 Å². The molecule has 2 rings (SSSR count). The molecule has 0 aliphatic rings. The molecular formula is C12H15ClN4O. The van der Waals surface area contributed by atoms with Crippen LogP contribution in [0.25, 0.3) is 11.5 Å². The molecule has 0 aliphatic heterocycles. The molecule has 0 aromatic carbocycles. The van der Waals surface area contributed by atoms with Crippen LogP contribution in [0.5, 0.6) is 0 Å². The Morgan fingerprint density at radius 2 is 2.22 bits per heavy atom. The Hall–Kier alpha value is -1.46. The van der Waals surface area contributed by atoms with Crippen LogP contribution in [0.1, 0.15) is 32.2 Å². The highest BCUT2D eigenvalue weighted by atomic mass is 35.5. The molecule has 2 heterocycles. The van der Waals surface area contributed by atoms with Gasteiger partial charge in [0.2, 0.25) is 11.7 Å². The number of hydrogen-bond donors (Lipinski definition) is 1. The molecular weight excluding hydrogens is 252 g/mol. The molecule has 1 atom stereocenters. The minimum atomic E-state index is -0.256. The minimum absolute atomic E-state index is 0.256. The highest BCUT2D eigenvalue weighted by Gasteiger charge is 2.18. The smallest absolute Gasteiger partial charge is 0.243 e. The summed E-state index contributed by atoms with van der Waals surface area (Å²) in [6.45, 7) is 4.18. The third-order valence-corrected chi connectivity index (χ3v) is 2.76. The van der Waals surface area contributed by atoms with Crippen molar-refractivity contribution in [3.63, 3.8) is 0 Å². The van der Waals surface area contributed by atoms with E-state index in [4.69, 9.17) is 21.9 Å². The maximum absolute atomic E-state index is 6.02. The molecule has 96 valence electrons. The summed E-state index contributed by atoms with van der Waals surface area (Å²) < 4.78 is 5.15. The number of hydrogen-bond acceptors (Lipinski definition) is 5. The molecule has 0 unspecified atom stereocenters. The average Bonchev–Trinajstić information content (AvgIpc) is 2.78. The summed E-state index contributed by atoms with van der Waals surface area (Å²) in [5, 5.41) is 4.35. The van der Waals surface area contributed by atoms with E-state index in [0.717, 1.165) is 6.42 Å². The lowest BCUT2D eigenvalue weighted by atomic mass is 10.0. The van der Waals surface area contributed by atoms with Crippen LogP contribution in [0.15, 0.2) is 22.9 Å². The first-order chi connectivity index (χ1) is 8.58. The molecule has 0 aliphatic carbocycles. The summed E-state index contributed by atoms with van der Waals surface area (Å²) in [5.41, 5.74) is 6.48. The normalized spacial score (nSPS) is 12.9. The molecule has 5 nitrogen and oxygen atoms in total. The van der Waals surface area contributed by atoms with Crippen molar-refractivity contribution in [2.75, 3.05) is 0 Å². The molecule has 0 fully saturated rings. The number of halogens is 1. The Kier molecular flexibility index (Phi) is 3.93. The predicted molar refractivity (Wildman–Crippen MR) is 68.9 cm³/mol. The van der Waals surface area contributed by atoms with Crippen LogP contribution in [-0.4, -0.2) is 15.1 Å². The van der Waals surface area contributed by atoms with Crippen LogP contribution < -0.4 is 5.73 Å². The topological polar surface area (TPSA) is 77.8 Å². The van der Waals surface area contributed by atoms with Crippen molar-refractivity contribution >= 4 is 11.6 Å². The quantitative estimate of drug-likeness (QED) is 0.921. The molecule has 2 aromatic rings. The molecule has 0 spiro atoms. The zero-order valence-corrected chi connectivity index (χ0v) is 11.1. The first-order valence-electron chi connectivity index (χ1n) is 5.78. The lowest BCUT2D eigenvalue weighted by molar-refractivity contribution is 0.335. The van der Waals surface area contributed by atoms with Crippen LogP contribution >= 0.6 is 11.6 Å². The van der Waals surface area contributed by atoms with Gasteiger partial charge in [0.05, 0.1) is 11.1 Å². The highest BCUT2D eigenvalue weighted by Crippen LogP contribution is 2.24. The van der Waals surface area contributed by atoms with Gasteiger partial charge in [-0.3, -0.25) is 4.98 Å². The van der Waals surface area contributed by atoms with Gasteiger partial charge in [-0.05, 0) is 24.5 Å². The van der Waals surface area contributed by atoms with E-state index in [-0.39, 0.29) is 6.04 Å². The molecule has 0 bridgehead atoms. The fraction of sp³-hybridized carbons (Fsp3) is 0.417. The van der Waals surface area contributed by atoms with Crippen molar-refractivity contribution in [1.29, 1.82) is 0 Å². The van der Waals surface area contributed by atoms with Crippen LogP contribution in [0.3, 0.4) is 0 Å². The zero-order chi connectivity index (χ0) is 13.1. The summed E-state index contributed by atoms with van der Waals surface area (Å²) in [4.78, 5) is 8.37. The molecule has 6 heteroatoms. The molecule has 0 amide bonds. The first-order valence-corrected chi connectivity index (χ1v) is 6.15. The summed E-state index contributed by atoms with van der Waals surface area (Å²) >= 11 is 6.02. The van der Waals surface area contributed by atoms with Gasteiger partial charge < -0.3 is 10.3 Å². The highest BCUT2D eigenvalue weighted by molar-refractivity contribution is 6.32. The number of rotatable bonds is 4. The number of nitrogens with two attached hydrogens (primary N) is 1. The Bertz CT molecular complexity index is 526. The summed E-state index contributed by atoms with van der Waals surface area (Å²) in [6, 6.07) is 3.22. The Morgan fingerprint density at radius 1 is 1.44 bits per heavy atom. The van der Waals surface area contributed by atoms with Gasteiger partial charge in [-0.2, -0.15) is 4.98 Å². The monoisotopic (exact) mass is 266 g/mol. The van der Waals surface area contributed by atoms with Crippen LogP contribution in [-0.2, 0) is 0 Å². The van der Waals surface area contributed by atoms with E-state index in [9.17, 15) is 0 Å². The third-order valence-electron chi connectivity index (χ3n) is 2.45. The first kappa shape index (κ1) is 13.0. The van der Waals surface area contributed by atoms with Gasteiger partial charge in [-0.25, -0.2) is 0 Å². The zero-order valence-electron chi connectivity index (χ0n) is 10.3. The van der Waals surface area contributed by atoms with Gasteiger partial charge in [0.25, 0.3) is 0 Å². The van der Waals surface area contributed by atoms with Gasteiger partial charge in [-0.15, -0.1) is 0 Å². The van der Waals surface area contributed by atoms with Crippen LogP contribution in [0.4, 0.5) is 0 Å². The van der Waals surface area contributed by atoms with E-state index in [1.54, 1.807) is 18.3 Å². The summed E-state index contributed by atoms with van der Waals surface area (Å²) in [5.74, 6) is 1.25. The molecule has 0 radical (unpaired) electrons. The van der Waals surface area contributed by atoms with Gasteiger partial charge >= 0.3 is 0 Å². The number of aromatic nitrogens is 3. The second-order valence-corrected chi connectivity index (χ2v) is 4.93. The second-order valence-electron chi connectivity index (χ2n) is 4.53. The third kappa shape index (κ3) is 2.86. The van der Waals surface area contributed by atoms with Gasteiger partial charge in [-0.1, -0.05) is 30.6 Å². The summed E-state index contributed by atoms with van der Waals surface area (Å²) in [7, 11) is 0. The molecule has 0 saturated carbocycles. The largest absolute Gasteiger partial charge is 0.337 e. The SMILES string of the molecule is CC(C)C[C@@H](N)c1nc(-c2ncccc2Cl)no1. The maximum atomic E-state index is 6.02. The minimum Gasteiger partial charge on any atom is -0.337 e. The van der Waals surface area contributed by atoms with E-state index in [2.05, 4.69) is 29.0 Å². The van der Waals surface area contributed by atoms with Crippen molar-refractivity contribution < 1.29 is 4.52 Å². The van der Waals surface area contributed by atoms with Crippen LogP contribution in [0, 0.1) is 5.92 Å². The van der Waals surface area contributed by atoms with E-state index in [0.29, 0.717) is 28.3 Å². The standard InChI is InChI=1S/C12H15ClN4O/c1-7(2)6-9(14)12-16-11(17-18-12)10-8(13)4-3-5-15-10/h3-5,7,9H,6,14H2,1-2H3/t9-/m1/s1. The van der Waals surface area contributed by atoms with Gasteiger partial charge in [0.1, 0.15) is 5.69 Å². The molecule has 2 N–H and O–H groups in total. The summed E-state index contributed by atoms with van der Waals surface area (Å²) in [6.07, 6.45) is 2.42. The number of pyridine rings is 1. The van der Waals surface area contributed by atoms with Crippen molar-refractivity contribution in [2.24, 2.45) is 11.7 Å². The van der Waals surface area contributed by atoms with Crippen molar-refractivity contribution in [2.45, 2.75) is 26.3 Å². The average molecular weight is 267 g/mol. The lowest BCUT2D eigenvalue weighted by Crippen LogP contribution is -2.13. The van der Waals surface area contributed by atoms with Crippen molar-refractivity contribution in [3.8, 4) is 11.5 Å². The second kappa shape index (κ2) is 5.46. The predicted octanol–water partition coefficient (Wildman–Crippen LogP) is 2.83. The number of nitrogens with zero attached hydrogens (tertiary/aromatic N) is 3.